The molecule has 0 aliphatic carbocycles. The molecule has 3 unspecified atom stereocenters. The third-order valence-electron chi connectivity index (χ3n) is 10.4. The summed E-state index contributed by atoms with van der Waals surface area (Å²) in [7, 11) is 1.85. The zero-order chi connectivity index (χ0) is 35.2. The molecule has 4 nitrogen and oxygen atoms in total. The minimum absolute atomic E-state index is 0.226. The normalized spacial score (nSPS) is 14.3. The first kappa shape index (κ1) is 47.6. The molecule has 0 aliphatic rings. The van der Waals surface area contributed by atoms with Crippen LogP contribution in [0.4, 0.5) is 0 Å². The summed E-state index contributed by atoms with van der Waals surface area (Å²) in [5, 5.41) is 0. The van der Waals surface area contributed by atoms with Gasteiger partial charge in [-0.05, 0) is 76.5 Å². The molecule has 48 heavy (non-hydrogen) atoms. The second kappa shape index (κ2) is 37.8. The van der Waals surface area contributed by atoms with Crippen LogP contribution in [0.1, 0.15) is 207 Å². The van der Waals surface area contributed by atoms with E-state index in [1.807, 2.05) is 13.2 Å². The topological polar surface area (TPSA) is 36.9 Å². The summed E-state index contributed by atoms with van der Waals surface area (Å²) < 4.78 is 24.1. The Labute approximate surface area is 302 Å². The number of ether oxygens (including phenoxy) is 4. The second-order valence-electron chi connectivity index (χ2n) is 15.2. The van der Waals surface area contributed by atoms with E-state index in [9.17, 15) is 0 Å². The van der Waals surface area contributed by atoms with Gasteiger partial charge in [-0.2, -0.15) is 0 Å². The van der Waals surface area contributed by atoms with Gasteiger partial charge in [0.1, 0.15) is 0 Å². The van der Waals surface area contributed by atoms with Crippen LogP contribution in [-0.2, 0) is 18.9 Å². The Balaban J connectivity index is 4.38. The molecular formula is C44H88O4. The van der Waals surface area contributed by atoms with Crippen LogP contribution in [0.5, 0.6) is 0 Å². The van der Waals surface area contributed by atoms with Crippen LogP contribution in [0.2, 0.25) is 0 Å². The average Bonchev–Trinajstić information content (AvgIpc) is 3.09. The molecule has 0 bridgehead atoms. The Morgan fingerprint density at radius 1 is 0.479 bits per heavy atom. The van der Waals surface area contributed by atoms with Crippen molar-refractivity contribution in [3.63, 3.8) is 0 Å². The highest BCUT2D eigenvalue weighted by Gasteiger charge is 2.21. The van der Waals surface area contributed by atoms with Gasteiger partial charge in [-0.25, -0.2) is 0 Å². The Bertz CT molecular complexity index is 625. The van der Waals surface area contributed by atoms with Crippen LogP contribution < -0.4 is 0 Å². The first-order valence-electron chi connectivity index (χ1n) is 21.5. The minimum atomic E-state index is -0.226. The fourth-order valence-electron chi connectivity index (χ4n) is 6.91. The van der Waals surface area contributed by atoms with Crippen LogP contribution in [-0.4, -0.2) is 52.4 Å². The zero-order valence-corrected chi connectivity index (χ0v) is 33.6. The van der Waals surface area contributed by atoms with Crippen molar-refractivity contribution in [3.05, 3.63) is 12.7 Å². The first-order chi connectivity index (χ1) is 23.5. The van der Waals surface area contributed by atoms with Gasteiger partial charge in [0.25, 0.3) is 0 Å². The van der Waals surface area contributed by atoms with E-state index in [4.69, 9.17) is 18.9 Å². The van der Waals surface area contributed by atoms with Gasteiger partial charge in [0, 0.05) is 46.8 Å². The van der Waals surface area contributed by atoms with E-state index in [2.05, 4.69) is 34.3 Å². The van der Waals surface area contributed by atoms with Crippen LogP contribution in [0.25, 0.3) is 0 Å². The van der Waals surface area contributed by atoms with Gasteiger partial charge in [-0.3, -0.25) is 0 Å². The zero-order valence-electron chi connectivity index (χ0n) is 33.6. The molecule has 0 aromatic carbocycles. The Morgan fingerprint density at radius 2 is 0.917 bits per heavy atom. The lowest BCUT2D eigenvalue weighted by atomic mass is 9.91. The highest BCUT2D eigenvalue weighted by atomic mass is 16.5. The predicted molar refractivity (Wildman–Crippen MR) is 211 cm³/mol. The van der Waals surface area contributed by atoms with E-state index in [1.54, 1.807) is 0 Å². The molecule has 0 heterocycles. The van der Waals surface area contributed by atoms with Crippen molar-refractivity contribution in [3.8, 4) is 0 Å². The molecule has 0 aliphatic heterocycles. The van der Waals surface area contributed by atoms with Crippen molar-refractivity contribution in [1.82, 2.24) is 0 Å². The molecule has 0 radical (unpaired) electrons. The largest absolute Gasteiger partial charge is 0.384 e. The quantitative estimate of drug-likeness (QED) is 0.0476. The van der Waals surface area contributed by atoms with Gasteiger partial charge in [0.05, 0.1) is 5.60 Å². The fourth-order valence-corrected chi connectivity index (χ4v) is 6.91. The number of unbranched alkanes of at least 4 members (excludes halogenated alkanes) is 16. The third kappa shape index (κ3) is 32.8. The standard InChI is InChI=1S/C44H88O4/c1-7-11-14-17-18-19-20-23-31-43(41-45-6)33-29-39-48-44(5,10-4)35-25-24-30-42(34-40-47-37-27-22-16-13-9-3)32-28-38-46-36-26-21-15-12-8-2/h10,42-43H,4,7-9,11-41H2,1-3,5-6H3. The average molecular weight is 681 g/mol. The number of hydrogen-bond donors (Lipinski definition) is 0. The van der Waals surface area contributed by atoms with E-state index in [0.717, 1.165) is 58.4 Å². The van der Waals surface area contributed by atoms with Crippen molar-refractivity contribution < 1.29 is 18.9 Å². The van der Waals surface area contributed by atoms with E-state index in [-0.39, 0.29) is 5.60 Å². The Morgan fingerprint density at radius 3 is 1.50 bits per heavy atom. The monoisotopic (exact) mass is 681 g/mol. The van der Waals surface area contributed by atoms with Crippen molar-refractivity contribution in [2.45, 2.75) is 213 Å². The van der Waals surface area contributed by atoms with Gasteiger partial charge in [-0.15, -0.1) is 6.58 Å². The molecule has 0 spiro atoms. The van der Waals surface area contributed by atoms with E-state index < -0.39 is 0 Å². The molecule has 0 fully saturated rings. The Kier molecular flexibility index (Phi) is 37.5. The molecule has 0 aromatic heterocycles. The lowest BCUT2D eigenvalue weighted by Gasteiger charge is -2.27. The minimum Gasteiger partial charge on any atom is -0.384 e. The molecule has 0 saturated carbocycles. The summed E-state index contributed by atoms with van der Waals surface area (Å²) in [6.07, 6.45) is 38.2. The van der Waals surface area contributed by atoms with Crippen molar-refractivity contribution in [2.75, 3.05) is 46.8 Å². The maximum atomic E-state index is 6.47. The molecule has 0 saturated heterocycles. The predicted octanol–water partition coefficient (Wildman–Crippen LogP) is 13.8. The summed E-state index contributed by atoms with van der Waals surface area (Å²) in [4.78, 5) is 0. The van der Waals surface area contributed by atoms with Crippen LogP contribution in [0.3, 0.4) is 0 Å². The SMILES string of the molecule is C=CC(C)(CCCCC(CCCOCCCCCCC)CCOCCCCCCC)OCCCC(CCCCCCCCCC)COC. The maximum absolute atomic E-state index is 6.47. The molecule has 4 heteroatoms. The molecule has 288 valence electrons. The second-order valence-corrected chi connectivity index (χ2v) is 15.2. The fraction of sp³-hybridized carbons (Fsp3) is 0.955. The van der Waals surface area contributed by atoms with Crippen molar-refractivity contribution in [2.24, 2.45) is 11.8 Å². The van der Waals surface area contributed by atoms with Crippen LogP contribution >= 0.6 is 0 Å². The summed E-state index contributed by atoms with van der Waals surface area (Å²) in [6.45, 7) is 18.6. The van der Waals surface area contributed by atoms with Gasteiger partial charge in [0.2, 0.25) is 0 Å². The third-order valence-corrected chi connectivity index (χ3v) is 10.4. The lowest BCUT2D eigenvalue weighted by Crippen LogP contribution is -2.26. The van der Waals surface area contributed by atoms with Gasteiger partial charge >= 0.3 is 0 Å². The van der Waals surface area contributed by atoms with E-state index in [0.29, 0.717) is 5.92 Å². The molecule has 0 amide bonds. The highest BCUT2D eigenvalue weighted by molar-refractivity contribution is 4.93. The molecule has 0 N–H and O–H groups in total. The maximum Gasteiger partial charge on any atom is 0.0831 e. The molecule has 0 rings (SSSR count). The lowest BCUT2D eigenvalue weighted by molar-refractivity contribution is -0.00669. The van der Waals surface area contributed by atoms with Gasteiger partial charge in [-0.1, -0.05) is 149 Å². The first-order valence-corrected chi connectivity index (χ1v) is 21.5. The molecule has 0 aromatic rings. The van der Waals surface area contributed by atoms with Gasteiger partial charge in [0.15, 0.2) is 0 Å². The summed E-state index contributed by atoms with van der Waals surface area (Å²) in [6, 6.07) is 0. The molecule has 3 atom stereocenters. The Hall–Kier alpha value is -0.420. The summed E-state index contributed by atoms with van der Waals surface area (Å²) >= 11 is 0. The van der Waals surface area contributed by atoms with Gasteiger partial charge < -0.3 is 18.9 Å². The van der Waals surface area contributed by atoms with E-state index >= 15 is 0 Å². The number of hydrogen-bond acceptors (Lipinski definition) is 4. The van der Waals surface area contributed by atoms with E-state index in [1.165, 1.54) is 167 Å². The molecular weight excluding hydrogens is 592 g/mol. The van der Waals surface area contributed by atoms with Crippen LogP contribution in [0.15, 0.2) is 12.7 Å². The number of methoxy groups -OCH3 is 1. The summed E-state index contributed by atoms with van der Waals surface area (Å²) in [5.41, 5.74) is -0.226. The van der Waals surface area contributed by atoms with Crippen LogP contribution in [0, 0.1) is 11.8 Å². The highest BCUT2D eigenvalue weighted by Crippen LogP contribution is 2.26. The number of rotatable bonds is 41. The smallest absolute Gasteiger partial charge is 0.0831 e. The van der Waals surface area contributed by atoms with Crippen molar-refractivity contribution >= 4 is 0 Å². The summed E-state index contributed by atoms with van der Waals surface area (Å²) in [5.74, 6) is 1.39. The van der Waals surface area contributed by atoms with Crippen molar-refractivity contribution in [1.29, 1.82) is 0 Å².